The van der Waals surface area contributed by atoms with Crippen LogP contribution in [-0.4, -0.2) is 5.11 Å². The fourth-order valence-corrected chi connectivity index (χ4v) is 3.94. The molecule has 1 aromatic carbocycles. The van der Waals surface area contributed by atoms with Crippen molar-refractivity contribution < 1.29 is 5.11 Å². The van der Waals surface area contributed by atoms with Crippen LogP contribution in [0, 0.1) is 0 Å². The summed E-state index contributed by atoms with van der Waals surface area (Å²) < 4.78 is 2.09. The lowest BCUT2D eigenvalue weighted by molar-refractivity contribution is 0.466. The molecule has 2 nitrogen and oxygen atoms in total. The number of hydrogen-bond acceptors (Lipinski definition) is 2. The molecule has 0 aliphatic heterocycles. The van der Waals surface area contributed by atoms with Crippen LogP contribution in [-0.2, 0) is 0 Å². The molecule has 1 atom stereocenters. The summed E-state index contributed by atoms with van der Waals surface area (Å²) in [5.74, 6) is 0.160. The molecule has 0 bridgehead atoms. The molecule has 0 aliphatic carbocycles. The highest BCUT2D eigenvalue weighted by atomic mass is 79.9. The van der Waals surface area contributed by atoms with Crippen LogP contribution in [0.25, 0.3) is 0 Å². The maximum Gasteiger partial charge on any atom is 0.144 e. The lowest BCUT2D eigenvalue weighted by atomic mass is 10.0. The second kappa shape index (κ2) is 5.48. The van der Waals surface area contributed by atoms with Crippen LogP contribution in [0.1, 0.15) is 18.0 Å². The summed E-state index contributed by atoms with van der Waals surface area (Å²) in [6.45, 7) is 3.64. The largest absolute Gasteiger partial charge is 0.506 e. The summed E-state index contributed by atoms with van der Waals surface area (Å²) in [4.78, 5) is 0. The van der Waals surface area contributed by atoms with Crippen LogP contribution in [0.2, 0.25) is 0 Å². The van der Waals surface area contributed by atoms with Crippen LogP contribution in [0.3, 0.4) is 0 Å². The Labute approximate surface area is 114 Å². The summed E-state index contributed by atoms with van der Waals surface area (Å²) in [5.41, 5.74) is 6.81. The Morgan fingerprint density at radius 1 is 1.40 bits per heavy atom. The third kappa shape index (κ3) is 2.84. The molecule has 0 aliphatic rings. The van der Waals surface area contributed by atoms with Crippen molar-refractivity contribution in [1.29, 1.82) is 0 Å². The zero-order valence-corrected chi connectivity index (χ0v) is 12.6. The highest BCUT2D eigenvalue weighted by Gasteiger charge is 2.17. The number of rotatable bonds is 3. The average molecular weight is 400 g/mol. The molecule has 0 saturated heterocycles. The van der Waals surface area contributed by atoms with Crippen LogP contribution in [0.4, 0.5) is 0 Å². The van der Waals surface area contributed by atoms with Gasteiger partial charge in [0.1, 0.15) is 5.75 Å². The highest BCUT2D eigenvalue weighted by molar-refractivity contribution is 9.11. The van der Waals surface area contributed by atoms with Gasteiger partial charge in [-0.15, -0.1) is 6.58 Å². The highest BCUT2D eigenvalue weighted by Crippen LogP contribution is 2.42. The molecule has 0 unspecified atom stereocenters. The molecule has 0 spiro atoms. The first-order valence-electron chi connectivity index (χ1n) is 4.21. The first-order chi connectivity index (χ1) is 6.99. The fraction of sp³-hybridized carbons (Fsp3) is 0.200. The van der Waals surface area contributed by atoms with Gasteiger partial charge in [-0.05, 0) is 44.3 Å². The maximum atomic E-state index is 9.73. The van der Waals surface area contributed by atoms with Crippen LogP contribution in [0.5, 0.6) is 5.75 Å². The molecule has 1 rings (SSSR count). The lowest BCUT2D eigenvalue weighted by Crippen LogP contribution is -2.10. The maximum absolute atomic E-state index is 9.73. The minimum Gasteiger partial charge on any atom is -0.506 e. The van der Waals surface area contributed by atoms with E-state index in [1.165, 1.54) is 0 Å². The van der Waals surface area contributed by atoms with Crippen molar-refractivity contribution in [2.75, 3.05) is 0 Å². The van der Waals surface area contributed by atoms with Gasteiger partial charge in [-0.1, -0.05) is 22.0 Å². The van der Waals surface area contributed by atoms with Crippen molar-refractivity contribution in [3.05, 3.63) is 37.7 Å². The van der Waals surface area contributed by atoms with E-state index in [0.717, 1.165) is 10.0 Å². The molecular formula is C10H10Br3NO. The number of benzene rings is 1. The van der Waals surface area contributed by atoms with E-state index in [4.69, 9.17) is 5.73 Å². The van der Waals surface area contributed by atoms with Crippen molar-refractivity contribution in [2.24, 2.45) is 5.73 Å². The van der Waals surface area contributed by atoms with Gasteiger partial charge in [-0.3, -0.25) is 0 Å². The van der Waals surface area contributed by atoms with Gasteiger partial charge in [0.05, 0.1) is 8.95 Å². The monoisotopic (exact) mass is 397 g/mol. The molecule has 0 amide bonds. The van der Waals surface area contributed by atoms with Crippen molar-refractivity contribution in [2.45, 2.75) is 12.5 Å². The Morgan fingerprint density at radius 2 is 2.00 bits per heavy atom. The van der Waals surface area contributed by atoms with Crippen molar-refractivity contribution in [3.63, 3.8) is 0 Å². The third-order valence-electron chi connectivity index (χ3n) is 1.97. The van der Waals surface area contributed by atoms with E-state index >= 15 is 0 Å². The van der Waals surface area contributed by atoms with Crippen molar-refractivity contribution in [3.8, 4) is 5.75 Å². The van der Waals surface area contributed by atoms with Crippen molar-refractivity contribution in [1.82, 2.24) is 0 Å². The van der Waals surface area contributed by atoms with E-state index in [-0.39, 0.29) is 11.8 Å². The van der Waals surface area contributed by atoms with Gasteiger partial charge >= 0.3 is 0 Å². The van der Waals surface area contributed by atoms with E-state index in [2.05, 4.69) is 54.4 Å². The van der Waals surface area contributed by atoms with E-state index in [1.807, 2.05) is 0 Å². The summed E-state index contributed by atoms with van der Waals surface area (Å²) in [6.07, 6.45) is 2.40. The zero-order chi connectivity index (χ0) is 11.6. The quantitative estimate of drug-likeness (QED) is 0.746. The Morgan fingerprint density at radius 3 is 2.53 bits per heavy atom. The van der Waals surface area contributed by atoms with Crippen molar-refractivity contribution >= 4 is 47.8 Å². The molecule has 0 radical (unpaired) electrons. The van der Waals surface area contributed by atoms with Crippen LogP contribution in [0.15, 0.2) is 32.1 Å². The fourth-order valence-electron chi connectivity index (χ4n) is 1.23. The van der Waals surface area contributed by atoms with E-state index < -0.39 is 0 Å². The summed E-state index contributed by atoms with van der Waals surface area (Å²) in [6, 6.07) is 1.59. The van der Waals surface area contributed by atoms with E-state index in [1.54, 1.807) is 12.1 Å². The molecule has 82 valence electrons. The second-order valence-electron chi connectivity index (χ2n) is 3.05. The Kier molecular flexibility index (Phi) is 4.83. The number of nitrogens with two attached hydrogens (primary N) is 1. The molecule has 0 fully saturated rings. The van der Waals surface area contributed by atoms with Gasteiger partial charge in [0.25, 0.3) is 0 Å². The predicted molar refractivity (Wildman–Crippen MR) is 72.9 cm³/mol. The van der Waals surface area contributed by atoms with Gasteiger partial charge in [-0.25, -0.2) is 0 Å². The number of phenols is 1. The Balaban J connectivity index is 3.28. The number of halogens is 3. The predicted octanol–water partition coefficient (Wildman–Crippen LogP) is 4.26. The first-order valence-corrected chi connectivity index (χ1v) is 6.59. The number of aromatic hydroxyl groups is 1. The van der Waals surface area contributed by atoms with E-state index in [9.17, 15) is 5.11 Å². The smallest absolute Gasteiger partial charge is 0.144 e. The van der Waals surface area contributed by atoms with E-state index in [0.29, 0.717) is 15.4 Å². The second-order valence-corrected chi connectivity index (χ2v) is 5.55. The van der Waals surface area contributed by atoms with Gasteiger partial charge in [0, 0.05) is 16.1 Å². The topological polar surface area (TPSA) is 46.2 Å². The standard InChI is InChI=1S/C10H10Br3NO/c1-2-3-7(14)8-5(11)4-6(12)10(15)9(8)13/h2,4,7,15H,1,3,14H2/t7-/m1/s1. The minimum atomic E-state index is -0.190. The number of phenolic OH excluding ortho intramolecular Hbond substituents is 1. The Hall–Kier alpha value is 0.160. The molecule has 15 heavy (non-hydrogen) atoms. The minimum absolute atomic E-state index is 0.160. The summed E-state index contributed by atoms with van der Waals surface area (Å²) >= 11 is 9.99. The molecule has 1 aromatic rings. The Bertz CT molecular complexity index is 393. The van der Waals surface area contributed by atoms with Gasteiger partial charge < -0.3 is 10.8 Å². The molecular weight excluding hydrogens is 390 g/mol. The van der Waals surface area contributed by atoms with Gasteiger partial charge in [0.15, 0.2) is 0 Å². The molecule has 0 saturated carbocycles. The van der Waals surface area contributed by atoms with Crippen LogP contribution < -0.4 is 5.73 Å². The lowest BCUT2D eigenvalue weighted by Gasteiger charge is -2.16. The molecule has 0 heterocycles. The van der Waals surface area contributed by atoms with Crippen LogP contribution >= 0.6 is 47.8 Å². The molecule has 0 aromatic heterocycles. The number of hydrogen-bond donors (Lipinski definition) is 2. The normalized spacial score (nSPS) is 12.5. The average Bonchev–Trinajstić information content (AvgIpc) is 2.15. The third-order valence-corrected chi connectivity index (χ3v) is 4.04. The summed E-state index contributed by atoms with van der Waals surface area (Å²) in [7, 11) is 0. The van der Waals surface area contributed by atoms with Gasteiger partial charge in [0.2, 0.25) is 0 Å². The molecule has 5 heteroatoms. The first kappa shape index (κ1) is 13.2. The summed E-state index contributed by atoms with van der Waals surface area (Å²) in [5, 5.41) is 9.73. The zero-order valence-electron chi connectivity index (χ0n) is 7.80. The SMILES string of the molecule is C=CC[C@@H](N)c1c(Br)cc(Br)c(O)c1Br. The van der Waals surface area contributed by atoms with Gasteiger partial charge in [-0.2, -0.15) is 0 Å². The molecule has 3 N–H and O–H groups in total.